The summed E-state index contributed by atoms with van der Waals surface area (Å²) in [5.74, 6) is 0.776. The third kappa shape index (κ3) is 2.02. The standard InChI is InChI=1S/C12H12O3/c1-14-11-4-2-9(3-5-11)12(13)10-6-7-15-8-10/h2-8,12-13H,1H3. The van der Waals surface area contributed by atoms with E-state index < -0.39 is 6.10 Å². The molecule has 3 heteroatoms. The smallest absolute Gasteiger partial charge is 0.118 e. The van der Waals surface area contributed by atoms with Crippen molar-refractivity contribution in [2.45, 2.75) is 6.10 Å². The van der Waals surface area contributed by atoms with Gasteiger partial charge in [-0.2, -0.15) is 0 Å². The Balaban J connectivity index is 2.22. The van der Waals surface area contributed by atoms with Crippen LogP contribution < -0.4 is 4.74 Å². The van der Waals surface area contributed by atoms with Gasteiger partial charge in [0.2, 0.25) is 0 Å². The quantitative estimate of drug-likeness (QED) is 0.834. The summed E-state index contributed by atoms with van der Waals surface area (Å²) in [5, 5.41) is 9.94. The lowest BCUT2D eigenvalue weighted by atomic mass is 10.0. The van der Waals surface area contributed by atoms with Crippen LogP contribution in [0.25, 0.3) is 0 Å². The van der Waals surface area contributed by atoms with E-state index in [-0.39, 0.29) is 0 Å². The minimum Gasteiger partial charge on any atom is -0.497 e. The highest BCUT2D eigenvalue weighted by Crippen LogP contribution is 2.23. The van der Waals surface area contributed by atoms with Crippen LogP contribution in [0.2, 0.25) is 0 Å². The Morgan fingerprint density at radius 3 is 2.40 bits per heavy atom. The molecule has 0 saturated carbocycles. The molecule has 15 heavy (non-hydrogen) atoms. The summed E-state index contributed by atoms with van der Waals surface area (Å²) in [6.07, 6.45) is 2.44. The molecule has 0 aliphatic carbocycles. The predicted molar refractivity (Wildman–Crippen MR) is 55.8 cm³/mol. The first-order valence-electron chi connectivity index (χ1n) is 4.65. The monoisotopic (exact) mass is 204 g/mol. The second-order valence-electron chi connectivity index (χ2n) is 3.23. The van der Waals surface area contributed by atoms with Crippen LogP contribution in [0.4, 0.5) is 0 Å². The van der Waals surface area contributed by atoms with Gasteiger partial charge < -0.3 is 14.3 Å². The fourth-order valence-electron chi connectivity index (χ4n) is 1.41. The number of hydrogen-bond donors (Lipinski definition) is 1. The molecule has 1 N–H and O–H groups in total. The lowest BCUT2D eigenvalue weighted by Gasteiger charge is -2.09. The summed E-state index contributed by atoms with van der Waals surface area (Å²) >= 11 is 0. The molecule has 2 rings (SSSR count). The molecule has 1 atom stereocenters. The number of benzene rings is 1. The summed E-state index contributed by atoms with van der Waals surface area (Å²) < 4.78 is 9.96. The maximum absolute atomic E-state index is 9.94. The highest BCUT2D eigenvalue weighted by Gasteiger charge is 2.10. The fourth-order valence-corrected chi connectivity index (χ4v) is 1.41. The van der Waals surface area contributed by atoms with Crippen molar-refractivity contribution >= 4 is 0 Å². The van der Waals surface area contributed by atoms with E-state index in [1.54, 1.807) is 19.4 Å². The van der Waals surface area contributed by atoms with Gasteiger partial charge in [-0.05, 0) is 23.8 Å². The van der Waals surface area contributed by atoms with Crippen LogP contribution in [0.3, 0.4) is 0 Å². The van der Waals surface area contributed by atoms with Crippen molar-refractivity contribution in [2.24, 2.45) is 0 Å². The number of aliphatic hydroxyl groups is 1. The predicted octanol–water partition coefficient (Wildman–Crippen LogP) is 2.37. The van der Waals surface area contributed by atoms with Gasteiger partial charge >= 0.3 is 0 Å². The Labute approximate surface area is 87.9 Å². The molecule has 1 aromatic carbocycles. The molecule has 0 fully saturated rings. The summed E-state index contributed by atoms with van der Waals surface area (Å²) in [5.41, 5.74) is 1.57. The van der Waals surface area contributed by atoms with Gasteiger partial charge in [0, 0.05) is 5.56 Å². The largest absolute Gasteiger partial charge is 0.497 e. The van der Waals surface area contributed by atoms with E-state index in [1.807, 2.05) is 24.3 Å². The van der Waals surface area contributed by atoms with Crippen LogP contribution >= 0.6 is 0 Å². The maximum atomic E-state index is 9.94. The number of rotatable bonds is 3. The molecular weight excluding hydrogens is 192 g/mol. The number of furan rings is 1. The van der Waals surface area contributed by atoms with Crippen molar-refractivity contribution in [3.05, 3.63) is 54.0 Å². The second kappa shape index (κ2) is 4.19. The van der Waals surface area contributed by atoms with Gasteiger partial charge in [0.25, 0.3) is 0 Å². The van der Waals surface area contributed by atoms with Crippen molar-refractivity contribution < 1.29 is 14.3 Å². The van der Waals surface area contributed by atoms with E-state index in [2.05, 4.69) is 0 Å². The zero-order valence-corrected chi connectivity index (χ0v) is 8.38. The first kappa shape index (κ1) is 9.80. The van der Waals surface area contributed by atoms with E-state index in [9.17, 15) is 5.11 Å². The first-order valence-corrected chi connectivity index (χ1v) is 4.65. The lowest BCUT2D eigenvalue weighted by molar-refractivity contribution is 0.219. The Hall–Kier alpha value is -1.74. The third-order valence-electron chi connectivity index (χ3n) is 2.29. The third-order valence-corrected chi connectivity index (χ3v) is 2.29. The molecule has 0 saturated heterocycles. The SMILES string of the molecule is COc1ccc(C(O)c2ccoc2)cc1. The summed E-state index contributed by atoms with van der Waals surface area (Å²) in [7, 11) is 1.61. The van der Waals surface area contributed by atoms with E-state index in [0.717, 1.165) is 16.9 Å². The number of hydrogen-bond acceptors (Lipinski definition) is 3. The zero-order chi connectivity index (χ0) is 10.7. The highest BCUT2D eigenvalue weighted by molar-refractivity contribution is 5.32. The summed E-state index contributed by atoms with van der Waals surface area (Å²) in [6, 6.07) is 9.04. The molecule has 0 bridgehead atoms. The van der Waals surface area contributed by atoms with E-state index in [4.69, 9.17) is 9.15 Å². The zero-order valence-electron chi connectivity index (χ0n) is 8.38. The Morgan fingerprint density at radius 2 is 1.87 bits per heavy atom. The second-order valence-corrected chi connectivity index (χ2v) is 3.23. The lowest BCUT2D eigenvalue weighted by Crippen LogP contribution is -1.97. The molecule has 78 valence electrons. The molecule has 1 unspecified atom stereocenters. The Morgan fingerprint density at radius 1 is 1.13 bits per heavy atom. The van der Waals surface area contributed by atoms with Crippen LogP contribution in [-0.4, -0.2) is 12.2 Å². The molecular formula is C12H12O3. The minimum atomic E-state index is -0.644. The Bertz CT molecular complexity index is 403. The topological polar surface area (TPSA) is 42.6 Å². The maximum Gasteiger partial charge on any atom is 0.118 e. The van der Waals surface area contributed by atoms with Crippen molar-refractivity contribution in [2.75, 3.05) is 7.11 Å². The van der Waals surface area contributed by atoms with Crippen molar-refractivity contribution in [1.29, 1.82) is 0 Å². The molecule has 0 amide bonds. The molecule has 2 aromatic rings. The van der Waals surface area contributed by atoms with E-state index in [1.165, 1.54) is 6.26 Å². The molecule has 1 heterocycles. The van der Waals surface area contributed by atoms with Gasteiger partial charge in [-0.1, -0.05) is 12.1 Å². The van der Waals surface area contributed by atoms with Crippen LogP contribution in [0.1, 0.15) is 17.2 Å². The van der Waals surface area contributed by atoms with Gasteiger partial charge in [-0.3, -0.25) is 0 Å². The summed E-state index contributed by atoms with van der Waals surface area (Å²) in [6.45, 7) is 0. The molecule has 3 nitrogen and oxygen atoms in total. The van der Waals surface area contributed by atoms with Gasteiger partial charge in [-0.15, -0.1) is 0 Å². The molecule has 1 aromatic heterocycles. The highest BCUT2D eigenvalue weighted by atomic mass is 16.5. The Kier molecular flexibility index (Phi) is 2.74. The van der Waals surface area contributed by atoms with Crippen molar-refractivity contribution in [3.63, 3.8) is 0 Å². The average molecular weight is 204 g/mol. The van der Waals surface area contributed by atoms with Gasteiger partial charge in [0.15, 0.2) is 0 Å². The van der Waals surface area contributed by atoms with Gasteiger partial charge in [0.05, 0.1) is 19.6 Å². The molecule has 0 radical (unpaired) electrons. The van der Waals surface area contributed by atoms with Crippen LogP contribution in [0, 0.1) is 0 Å². The number of methoxy groups -OCH3 is 1. The van der Waals surface area contributed by atoms with Gasteiger partial charge in [0.1, 0.15) is 11.9 Å². The minimum absolute atomic E-state index is 0.644. The first-order chi connectivity index (χ1) is 7.31. The average Bonchev–Trinajstić information content (AvgIpc) is 2.82. The van der Waals surface area contributed by atoms with Crippen LogP contribution in [0.15, 0.2) is 47.3 Å². The normalized spacial score (nSPS) is 12.4. The van der Waals surface area contributed by atoms with E-state index in [0.29, 0.717) is 0 Å². The summed E-state index contributed by atoms with van der Waals surface area (Å²) in [4.78, 5) is 0. The van der Waals surface area contributed by atoms with Crippen molar-refractivity contribution in [1.82, 2.24) is 0 Å². The van der Waals surface area contributed by atoms with Crippen LogP contribution in [-0.2, 0) is 0 Å². The molecule has 0 aliphatic rings. The fraction of sp³-hybridized carbons (Fsp3) is 0.167. The van der Waals surface area contributed by atoms with Gasteiger partial charge in [-0.25, -0.2) is 0 Å². The van der Waals surface area contributed by atoms with Crippen LogP contribution in [0.5, 0.6) is 5.75 Å². The molecule has 0 aliphatic heterocycles. The van der Waals surface area contributed by atoms with Crippen molar-refractivity contribution in [3.8, 4) is 5.75 Å². The number of ether oxygens (including phenoxy) is 1. The number of aliphatic hydroxyl groups excluding tert-OH is 1. The van der Waals surface area contributed by atoms with E-state index >= 15 is 0 Å². The molecule has 0 spiro atoms.